The number of nitrogens with one attached hydrogen (secondary N) is 2. The molecule has 4 nitrogen and oxygen atoms in total. The predicted octanol–water partition coefficient (Wildman–Crippen LogP) is 2.71. The van der Waals surface area contributed by atoms with Gasteiger partial charge < -0.3 is 15.4 Å². The van der Waals surface area contributed by atoms with Gasteiger partial charge in [0.05, 0.1) is 9.49 Å². The molecule has 1 fully saturated rings. The molecule has 0 bridgehead atoms. The summed E-state index contributed by atoms with van der Waals surface area (Å²) in [5.41, 5.74) is 0. The lowest BCUT2D eigenvalue weighted by atomic mass is 10.1. The molecule has 0 spiro atoms. The summed E-state index contributed by atoms with van der Waals surface area (Å²) in [7, 11) is 1.81. The second kappa shape index (κ2) is 10.2. The van der Waals surface area contributed by atoms with Gasteiger partial charge in [-0.15, -0.1) is 35.3 Å². The van der Waals surface area contributed by atoms with Gasteiger partial charge in [-0.2, -0.15) is 0 Å². The maximum absolute atomic E-state index is 5.36. The minimum absolute atomic E-state index is 0. The first-order chi connectivity index (χ1) is 9.28. The van der Waals surface area contributed by atoms with Gasteiger partial charge in [0.15, 0.2) is 5.96 Å². The Hall–Kier alpha value is 0.390. The van der Waals surface area contributed by atoms with E-state index in [0.29, 0.717) is 5.92 Å². The van der Waals surface area contributed by atoms with Crippen LogP contribution in [0, 0.1) is 8.80 Å². The summed E-state index contributed by atoms with van der Waals surface area (Å²) in [5, 5.41) is 6.72. The fourth-order valence-corrected chi connectivity index (χ4v) is 3.75. The zero-order valence-corrected chi connectivity index (χ0v) is 16.8. The Morgan fingerprint density at radius 2 is 2.35 bits per heavy atom. The van der Waals surface area contributed by atoms with Crippen molar-refractivity contribution in [3.8, 4) is 0 Å². The van der Waals surface area contributed by atoms with Crippen molar-refractivity contribution in [2.75, 3.05) is 33.4 Å². The highest BCUT2D eigenvalue weighted by atomic mass is 127. The van der Waals surface area contributed by atoms with E-state index in [4.69, 9.17) is 4.74 Å². The topological polar surface area (TPSA) is 45.7 Å². The maximum Gasteiger partial charge on any atom is 0.190 e. The van der Waals surface area contributed by atoms with Crippen LogP contribution in [0.1, 0.15) is 11.3 Å². The molecule has 20 heavy (non-hydrogen) atoms. The van der Waals surface area contributed by atoms with E-state index in [1.807, 2.05) is 18.4 Å². The average Bonchev–Trinajstić information content (AvgIpc) is 3.05. The Bertz CT molecular complexity index is 420. The molecular weight excluding hydrogens is 500 g/mol. The summed E-state index contributed by atoms with van der Waals surface area (Å²) < 4.78 is 6.71. The first-order valence-corrected chi connectivity index (χ1v) is 8.44. The Morgan fingerprint density at radius 3 is 2.95 bits per heavy atom. The zero-order valence-electron chi connectivity index (χ0n) is 11.5. The number of ether oxygens (including phenoxy) is 1. The molecule has 0 amide bonds. The first kappa shape index (κ1) is 18.4. The monoisotopic (exact) mass is 521 g/mol. The highest BCUT2D eigenvalue weighted by molar-refractivity contribution is 14.1. The standard InChI is InChI=1S/C13H20IN3OS.HI/c1-15-13(17-8-10-5-7-18-9-10)16-6-4-11-2-3-12(14)19-11;/h2-3,10H,4-9H2,1H3,(H2,15,16,17);1H. The molecule has 2 heterocycles. The molecule has 1 unspecified atom stereocenters. The van der Waals surface area contributed by atoms with Gasteiger partial charge in [-0.1, -0.05) is 0 Å². The molecule has 0 radical (unpaired) electrons. The second-order valence-electron chi connectivity index (χ2n) is 4.57. The van der Waals surface area contributed by atoms with Gasteiger partial charge in [0.1, 0.15) is 0 Å². The van der Waals surface area contributed by atoms with Gasteiger partial charge in [-0.3, -0.25) is 4.99 Å². The summed E-state index contributed by atoms with van der Waals surface area (Å²) >= 11 is 4.21. The Labute approximate surface area is 155 Å². The molecule has 0 aromatic carbocycles. The largest absolute Gasteiger partial charge is 0.381 e. The molecule has 114 valence electrons. The van der Waals surface area contributed by atoms with Gasteiger partial charge in [-0.25, -0.2) is 0 Å². The molecule has 0 aliphatic carbocycles. The number of thiophene rings is 1. The van der Waals surface area contributed by atoms with Crippen molar-refractivity contribution in [1.82, 2.24) is 10.6 Å². The van der Waals surface area contributed by atoms with E-state index in [1.165, 1.54) is 7.76 Å². The van der Waals surface area contributed by atoms with Gasteiger partial charge >= 0.3 is 0 Å². The SMILES string of the molecule is CN=C(NCCc1ccc(I)s1)NCC1CCOC1.I. The minimum Gasteiger partial charge on any atom is -0.381 e. The van der Waals surface area contributed by atoms with E-state index in [2.05, 4.69) is 50.3 Å². The molecule has 1 aliphatic heterocycles. The molecule has 1 aromatic rings. The van der Waals surface area contributed by atoms with Crippen molar-refractivity contribution in [3.63, 3.8) is 0 Å². The number of hydrogen-bond acceptors (Lipinski definition) is 3. The lowest BCUT2D eigenvalue weighted by Crippen LogP contribution is -2.40. The van der Waals surface area contributed by atoms with Gasteiger partial charge in [0.2, 0.25) is 0 Å². The van der Waals surface area contributed by atoms with E-state index in [0.717, 1.165) is 45.1 Å². The smallest absolute Gasteiger partial charge is 0.190 e. The minimum atomic E-state index is 0. The third-order valence-electron chi connectivity index (χ3n) is 3.10. The van der Waals surface area contributed by atoms with Gasteiger partial charge in [0, 0.05) is 37.5 Å². The van der Waals surface area contributed by atoms with Crippen LogP contribution in [-0.2, 0) is 11.2 Å². The summed E-state index contributed by atoms with van der Waals surface area (Å²) in [6, 6.07) is 4.36. The van der Waals surface area contributed by atoms with Crippen molar-refractivity contribution >= 4 is 63.9 Å². The maximum atomic E-state index is 5.36. The molecule has 1 atom stereocenters. The van der Waals surface area contributed by atoms with Crippen LogP contribution in [0.4, 0.5) is 0 Å². The highest BCUT2D eigenvalue weighted by Gasteiger charge is 2.15. The fourth-order valence-electron chi connectivity index (χ4n) is 2.00. The van der Waals surface area contributed by atoms with Crippen molar-refractivity contribution in [2.24, 2.45) is 10.9 Å². The van der Waals surface area contributed by atoms with Crippen molar-refractivity contribution in [2.45, 2.75) is 12.8 Å². The molecule has 7 heteroatoms. The third-order valence-corrected chi connectivity index (χ3v) is 5.05. The van der Waals surface area contributed by atoms with E-state index in [9.17, 15) is 0 Å². The van der Waals surface area contributed by atoms with E-state index >= 15 is 0 Å². The van der Waals surface area contributed by atoms with E-state index < -0.39 is 0 Å². The number of aliphatic imine (C=N–C) groups is 1. The predicted molar refractivity (Wildman–Crippen MR) is 104 cm³/mol. The molecule has 1 saturated heterocycles. The molecule has 1 aromatic heterocycles. The summed E-state index contributed by atoms with van der Waals surface area (Å²) in [5.74, 6) is 1.51. The Kier molecular flexibility index (Phi) is 9.38. The Morgan fingerprint density at radius 1 is 1.50 bits per heavy atom. The van der Waals surface area contributed by atoms with Crippen LogP contribution in [0.15, 0.2) is 17.1 Å². The van der Waals surface area contributed by atoms with Crippen LogP contribution in [0.25, 0.3) is 0 Å². The molecule has 0 saturated carbocycles. The quantitative estimate of drug-likeness (QED) is 0.356. The van der Waals surface area contributed by atoms with Crippen LogP contribution < -0.4 is 10.6 Å². The number of hydrogen-bond donors (Lipinski definition) is 2. The zero-order chi connectivity index (χ0) is 13.5. The molecule has 2 N–H and O–H groups in total. The van der Waals surface area contributed by atoms with E-state index in [1.54, 1.807) is 0 Å². The van der Waals surface area contributed by atoms with Crippen LogP contribution in [0.2, 0.25) is 0 Å². The lowest BCUT2D eigenvalue weighted by Gasteiger charge is -2.14. The van der Waals surface area contributed by atoms with Crippen LogP contribution in [0.5, 0.6) is 0 Å². The van der Waals surface area contributed by atoms with Gasteiger partial charge in [0.25, 0.3) is 0 Å². The van der Waals surface area contributed by atoms with Crippen LogP contribution in [0.3, 0.4) is 0 Å². The van der Waals surface area contributed by atoms with Crippen molar-refractivity contribution in [3.05, 3.63) is 19.9 Å². The highest BCUT2D eigenvalue weighted by Crippen LogP contribution is 2.18. The van der Waals surface area contributed by atoms with Crippen molar-refractivity contribution < 1.29 is 4.74 Å². The molecular formula is C13H21I2N3OS. The van der Waals surface area contributed by atoms with Crippen molar-refractivity contribution in [1.29, 1.82) is 0 Å². The molecule has 2 rings (SSSR count). The van der Waals surface area contributed by atoms with E-state index in [-0.39, 0.29) is 24.0 Å². The fraction of sp³-hybridized carbons (Fsp3) is 0.615. The normalized spacial score (nSPS) is 18.7. The van der Waals surface area contributed by atoms with Gasteiger partial charge in [-0.05, 0) is 47.6 Å². The van der Waals surface area contributed by atoms with Crippen LogP contribution in [-0.4, -0.2) is 39.3 Å². The lowest BCUT2D eigenvalue weighted by molar-refractivity contribution is 0.186. The second-order valence-corrected chi connectivity index (χ2v) is 7.63. The number of nitrogens with zero attached hydrogens (tertiary/aromatic N) is 1. The summed E-state index contributed by atoms with van der Waals surface area (Å²) in [4.78, 5) is 5.65. The number of halogens is 2. The first-order valence-electron chi connectivity index (χ1n) is 6.54. The number of rotatable bonds is 5. The average molecular weight is 521 g/mol. The summed E-state index contributed by atoms with van der Waals surface area (Å²) in [6.07, 6.45) is 2.19. The summed E-state index contributed by atoms with van der Waals surface area (Å²) in [6.45, 7) is 3.63. The van der Waals surface area contributed by atoms with Crippen LogP contribution >= 0.6 is 57.9 Å². The third kappa shape index (κ3) is 6.44. The Balaban J connectivity index is 0.00000200. The number of guanidine groups is 1. The molecule has 1 aliphatic rings.